The van der Waals surface area contributed by atoms with Gasteiger partial charge in [-0.2, -0.15) is 0 Å². The number of hydrogen-bond donors (Lipinski definition) is 0. The third-order valence-electron chi connectivity index (χ3n) is 2.54. The normalized spacial score (nSPS) is 19.7. The van der Waals surface area contributed by atoms with Gasteiger partial charge in [0.25, 0.3) is 0 Å². The first-order valence-corrected chi connectivity index (χ1v) is 5.62. The lowest BCUT2D eigenvalue weighted by molar-refractivity contribution is 0.248. The van der Waals surface area contributed by atoms with Crippen molar-refractivity contribution in [2.45, 2.75) is 26.2 Å². The molecule has 0 aliphatic carbocycles. The molecule has 0 radical (unpaired) electrons. The summed E-state index contributed by atoms with van der Waals surface area (Å²) in [4.78, 5) is 2.34. The van der Waals surface area contributed by atoms with Crippen LogP contribution < -0.4 is 0 Å². The third kappa shape index (κ3) is 4.93. The summed E-state index contributed by atoms with van der Waals surface area (Å²) < 4.78 is 13.1. The number of nitrogens with zero attached hydrogens (tertiary/aromatic N) is 1. The van der Waals surface area contributed by atoms with Crippen LogP contribution in [-0.4, -0.2) is 24.5 Å². The molecule has 1 aliphatic heterocycles. The molecule has 0 N–H and O–H groups in total. The maximum atomic E-state index is 13.1. The summed E-state index contributed by atoms with van der Waals surface area (Å²) in [6.07, 6.45) is 8.52. The molecule has 1 rings (SSSR count). The molecule has 0 atom stereocenters. The Kier molecular flexibility index (Phi) is 5.33. The molecule has 15 heavy (non-hydrogen) atoms. The van der Waals surface area contributed by atoms with E-state index in [9.17, 15) is 4.39 Å². The van der Waals surface area contributed by atoms with Crippen molar-refractivity contribution in [1.82, 2.24) is 4.90 Å². The van der Waals surface area contributed by atoms with E-state index in [2.05, 4.69) is 11.5 Å². The van der Waals surface area contributed by atoms with E-state index in [0.29, 0.717) is 0 Å². The molecule has 0 aromatic heterocycles. The van der Waals surface area contributed by atoms with E-state index < -0.39 is 0 Å². The first-order valence-electron chi connectivity index (χ1n) is 5.62. The van der Waals surface area contributed by atoms with Crippen molar-refractivity contribution in [3.63, 3.8) is 0 Å². The lowest BCUT2D eigenvalue weighted by atomic mass is 10.1. The number of rotatable bonds is 4. The molecule has 0 aromatic carbocycles. The average molecular weight is 209 g/mol. The molecule has 1 nitrogen and oxygen atoms in total. The van der Waals surface area contributed by atoms with E-state index in [0.717, 1.165) is 25.2 Å². The van der Waals surface area contributed by atoms with Crippen LogP contribution in [0.15, 0.2) is 36.2 Å². The Morgan fingerprint density at radius 2 is 2.00 bits per heavy atom. The standard InChI is InChI=1S/C13H20FN/c1-3-7-13(14)10-12(2)11-15-8-5-4-6-9-15/h3,7,10H,2,4-6,8-9,11H2,1H3/b7-3-,13-10+. The number of piperidine rings is 1. The van der Waals surface area contributed by atoms with Crippen LogP contribution in [0.3, 0.4) is 0 Å². The molecule has 0 bridgehead atoms. The van der Waals surface area contributed by atoms with Gasteiger partial charge in [0, 0.05) is 6.54 Å². The van der Waals surface area contributed by atoms with Crippen molar-refractivity contribution < 1.29 is 4.39 Å². The van der Waals surface area contributed by atoms with Gasteiger partial charge in [0.1, 0.15) is 5.83 Å². The minimum absolute atomic E-state index is 0.209. The molecule has 84 valence electrons. The Morgan fingerprint density at radius 3 is 2.60 bits per heavy atom. The van der Waals surface area contributed by atoms with Gasteiger partial charge in [-0.1, -0.05) is 19.1 Å². The zero-order valence-corrected chi connectivity index (χ0v) is 9.51. The molecule has 1 fully saturated rings. The van der Waals surface area contributed by atoms with Crippen molar-refractivity contribution >= 4 is 0 Å². The highest BCUT2D eigenvalue weighted by atomic mass is 19.1. The van der Waals surface area contributed by atoms with Crippen molar-refractivity contribution in [3.05, 3.63) is 36.2 Å². The molecule has 2 heteroatoms. The summed E-state index contributed by atoms with van der Waals surface area (Å²) in [6.45, 7) is 8.73. The molecule has 1 saturated heterocycles. The van der Waals surface area contributed by atoms with E-state index in [1.165, 1.54) is 31.4 Å². The molecule has 0 unspecified atom stereocenters. The second-order valence-electron chi connectivity index (χ2n) is 4.02. The molecule has 0 aromatic rings. The second-order valence-corrected chi connectivity index (χ2v) is 4.02. The summed E-state index contributed by atoms with van der Waals surface area (Å²) in [5.41, 5.74) is 0.854. The van der Waals surface area contributed by atoms with E-state index in [-0.39, 0.29) is 5.83 Å². The predicted octanol–water partition coefficient (Wildman–Crippen LogP) is 3.46. The Hall–Kier alpha value is -0.890. The maximum Gasteiger partial charge on any atom is 0.123 e. The van der Waals surface area contributed by atoms with Gasteiger partial charge in [-0.15, -0.1) is 0 Å². The van der Waals surface area contributed by atoms with Gasteiger partial charge < -0.3 is 0 Å². The number of likely N-dealkylation sites (tertiary alicyclic amines) is 1. The smallest absolute Gasteiger partial charge is 0.123 e. The Bertz CT molecular complexity index is 260. The first-order chi connectivity index (χ1) is 7.22. The van der Waals surface area contributed by atoms with Crippen LogP contribution in [0.4, 0.5) is 4.39 Å². The molecule has 1 heterocycles. The third-order valence-corrected chi connectivity index (χ3v) is 2.54. The van der Waals surface area contributed by atoms with Gasteiger partial charge in [0.05, 0.1) is 0 Å². The summed E-state index contributed by atoms with van der Waals surface area (Å²) in [5.74, 6) is -0.209. The quantitative estimate of drug-likeness (QED) is 0.641. The predicted molar refractivity (Wildman–Crippen MR) is 63.4 cm³/mol. The van der Waals surface area contributed by atoms with Gasteiger partial charge in [-0.25, -0.2) is 4.39 Å². The van der Waals surface area contributed by atoms with E-state index >= 15 is 0 Å². The van der Waals surface area contributed by atoms with Crippen molar-refractivity contribution in [3.8, 4) is 0 Å². The average Bonchev–Trinajstić information content (AvgIpc) is 2.19. The highest BCUT2D eigenvalue weighted by molar-refractivity contribution is 5.24. The van der Waals surface area contributed by atoms with Gasteiger partial charge in [-0.05, 0) is 50.6 Å². The molecule has 0 saturated carbocycles. The molecular formula is C13H20FN. The summed E-state index contributed by atoms with van der Waals surface area (Å²) in [5, 5.41) is 0. The maximum absolute atomic E-state index is 13.1. The van der Waals surface area contributed by atoms with Crippen molar-refractivity contribution in [1.29, 1.82) is 0 Å². The Balaban J connectivity index is 2.37. The first kappa shape index (κ1) is 12.2. The molecular weight excluding hydrogens is 189 g/mol. The zero-order chi connectivity index (χ0) is 11.1. The minimum atomic E-state index is -0.209. The highest BCUT2D eigenvalue weighted by Crippen LogP contribution is 2.12. The largest absolute Gasteiger partial charge is 0.299 e. The SMILES string of the molecule is C=C(/C=C(F)\C=C/C)CN1CCCCC1. The van der Waals surface area contributed by atoms with Gasteiger partial charge in [-0.3, -0.25) is 4.90 Å². The van der Waals surface area contributed by atoms with Crippen LogP contribution in [-0.2, 0) is 0 Å². The second kappa shape index (κ2) is 6.57. The highest BCUT2D eigenvalue weighted by Gasteiger charge is 2.09. The van der Waals surface area contributed by atoms with Crippen LogP contribution in [0.25, 0.3) is 0 Å². The fourth-order valence-electron chi connectivity index (χ4n) is 1.85. The van der Waals surface area contributed by atoms with Crippen LogP contribution >= 0.6 is 0 Å². The fourth-order valence-corrected chi connectivity index (χ4v) is 1.85. The van der Waals surface area contributed by atoms with Gasteiger partial charge >= 0.3 is 0 Å². The Labute approximate surface area is 92.0 Å². The monoisotopic (exact) mass is 209 g/mol. The fraction of sp³-hybridized carbons (Fsp3) is 0.538. The zero-order valence-electron chi connectivity index (χ0n) is 9.51. The van der Waals surface area contributed by atoms with Crippen molar-refractivity contribution in [2.75, 3.05) is 19.6 Å². The minimum Gasteiger partial charge on any atom is -0.299 e. The van der Waals surface area contributed by atoms with Gasteiger partial charge in [0.2, 0.25) is 0 Å². The van der Waals surface area contributed by atoms with Crippen LogP contribution in [0.1, 0.15) is 26.2 Å². The molecule has 0 spiro atoms. The summed E-state index contributed by atoms with van der Waals surface area (Å²) in [7, 11) is 0. The van der Waals surface area contributed by atoms with E-state index in [1.807, 2.05) is 0 Å². The number of hydrogen-bond acceptors (Lipinski definition) is 1. The lowest BCUT2D eigenvalue weighted by Crippen LogP contribution is -2.31. The Morgan fingerprint density at radius 1 is 1.33 bits per heavy atom. The number of halogens is 1. The lowest BCUT2D eigenvalue weighted by Gasteiger charge is -2.26. The summed E-state index contributed by atoms with van der Waals surface area (Å²) >= 11 is 0. The van der Waals surface area contributed by atoms with Gasteiger partial charge in [0.15, 0.2) is 0 Å². The van der Waals surface area contributed by atoms with E-state index in [4.69, 9.17) is 0 Å². The summed E-state index contributed by atoms with van der Waals surface area (Å²) in [6, 6.07) is 0. The van der Waals surface area contributed by atoms with Crippen molar-refractivity contribution in [2.24, 2.45) is 0 Å². The number of allylic oxidation sites excluding steroid dienone is 3. The van der Waals surface area contributed by atoms with Crippen LogP contribution in [0, 0.1) is 0 Å². The molecule has 1 aliphatic rings. The topological polar surface area (TPSA) is 3.24 Å². The van der Waals surface area contributed by atoms with Crippen LogP contribution in [0.2, 0.25) is 0 Å². The van der Waals surface area contributed by atoms with Crippen LogP contribution in [0.5, 0.6) is 0 Å². The van der Waals surface area contributed by atoms with E-state index in [1.54, 1.807) is 13.0 Å². The molecule has 0 amide bonds.